The quantitative estimate of drug-likeness (QED) is 0.472. The number of nitro groups is 2. The predicted octanol–water partition coefficient (Wildman–Crippen LogP) is 2.44. The zero-order chi connectivity index (χ0) is 19.3. The Morgan fingerprint density at radius 2 is 1.69 bits per heavy atom. The van der Waals surface area contributed by atoms with Gasteiger partial charge in [0, 0.05) is 17.8 Å². The van der Waals surface area contributed by atoms with Gasteiger partial charge < -0.3 is 10.1 Å². The van der Waals surface area contributed by atoms with Crippen molar-refractivity contribution in [2.75, 3.05) is 11.9 Å². The van der Waals surface area contributed by atoms with Crippen molar-refractivity contribution in [1.29, 1.82) is 0 Å². The van der Waals surface area contributed by atoms with Crippen molar-refractivity contribution < 1.29 is 28.6 Å². The molecule has 0 aliphatic rings. The van der Waals surface area contributed by atoms with Crippen LogP contribution in [-0.2, 0) is 9.53 Å². The third kappa shape index (κ3) is 4.35. The van der Waals surface area contributed by atoms with Gasteiger partial charge in [-0.25, -0.2) is 4.79 Å². The lowest BCUT2D eigenvalue weighted by molar-refractivity contribution is -0.387. The molecule has 2 rings (SSSR count). The zero-order valence-electron chi connectivity index (χ0n) is 12.9. The minimum absolute atomic E-state index is 0.0789. The van der Waals surface area contributed by atoms with Gasteiger partial charge in [0.1, 0.15) is 5.56 Å². The van der Waals surface area contributed by atoms with Gasteiger partial charge in [0.15, 0.2) is 6.61 Å². The third-order valence-electron chi connectivity index (χ3n) is 3.08. The van der Waals surface area contributed by atoms with Crippen molar-refractivity contribution in [2.24, 2.45) is 0 Å². The lowest BCUT2D eigenvalue weighted by atomic mass is 10.2. The summed E-state index contributed by atoms with van der Waals surface area (Å²) in [5.41, 5.74) is -1.72. The van der Waals surface area contributed by atoms with E-state index in [1.165, 1.54) is 18.2 Å². The van der Waals surface area contributed by atoms with Gasteiger partial charge >= 0.3 is 11.7 Å². The number of anilines is 1. The first kappa shape index (κ1) is 18.4. The number of esters is 1. The van der Waals surface area contributed by atoms with E-state index in [9.17, 15) is 34.2 Å². The molecule has 0 unspecified atom stereocenters. The van der Waals surface area contributed by atoms with E-state index in [1.54, 1.807) is 0 Å². The highest BCUT2D eigenvalue weighted by atomic mass is 19.1. The summed E-state index contributed by atoms with van der Waals surface area (Å²) < 4.78 is 17.9. The van der Waals surface area contributed by atoms with E-state index in [-0.39, 0.29) is 11.3 Å². The fourth-order valence-electron chi connectivity index (χ4n) is 1.94. The lowest BCUT2D eigenvalue weighted by Gasteiger charge is -2.07. The number of carbonyl (C=O) groups is 2. The fraction of sp³-hybridized carbons (Fsp3) is 0.0667. The standard InChI is InChI=1S/C15H10FN3O7/c16-11-6-5-9(7-13(11)19(24)25)17-14(20)8-26-15(21)10-3-1-2-4-12(10)18(22)23/h1-7H,8H2,(H,17,20). The number of benzene rings is 2. The summed E-state index contributed by atoms with van der Waals surface area (Å²) in [7, 11) is 0. The normalized spacial score (nSPS) is 10.0. The van der Waals surface area contributed by atoms with E-state index < -0.39 is 45.5 Å². The molecular formula is C15H10FN3O7. The number of ether oxygens (including phenoxy) is 1. The van der Waals surface area contributed by atoms with Crippen LogP contribution >= 0.6 is 0 Å². The van der Waals surface area contributed by atoms with Crippen LogP contribution in [0.25, 0.3) is 0 Å². The fourth-order valence-corrected chi connectivity index (χ4v) is 1.94. The minimum Gasteiger partial charge on any atom is -0.452 e. The third-order valence-corrected chi connectivity index (χ3v) is 3.08. The Morgan fingerprint density at radius 3 is 2.35 bits per heavy atom. The predicted molar refractivity (Wildman–Crippen MR) is 85.1 cm³/mol. The summed E-state index contributed by atoms with van der Waals surface area (Å²) in [5.74, 6) is -3.02. The number of para-hydroxylation sites is 1. The van der Waals surface area contributed by atoms with Crippen LogP contribution in [0.4, 0.5) is 21.5 Å². The van der Waals surface area contributed by atoms with Crippen LogP contribution in [-0.4, -0.2) is 28.3 Å². The Morgan fingerprint density at radius 1 is 1.04 bits per heavy atom. The molecule has 0 heterocycles. The Balaban J connectivity index is 2.01. The van der Waals surface area contributed by atoms with E-state index in [1.807, 2.05) is 0 Å². The van der Waals surface area contributed by atoms with Crippen molar-refractivity contribution in [2.45, 2.75) is 0 Å². The molecular weight excluding hydrogens is 353 g/mol. The second-order valence-electron chi connectivity index (χ2n) is 4.82. The summed E-state index contributed by atoms with van der Waals surface area (Å²) in [4.78, 5) is 43.4. The molecule has 10 nitrogen and oxygen atoms in total. The van der Waals surface area contributed by atoms with Crippen LogP contribution in [0.15, 0.2) is 42.5 Å². The Kier molecular flexibility index (Phi) is 5.53. The molecule has 26 heavy (non-hydrogen) atoms. The molecule has 0 spiro atoms. The number of hydrogen-bond acceptors (Lipinski definition) is 7. The van der Waals surface area contributed by atoms with Crippen LogP contribution in [0.5, 0.6) is 0 Å². The first-order chi connectivity index (χ1) is 12.3. The molecule has 0 saturated heterocycles. The average molecular weight is 363 g/mol. The molecule has 0 fully saturated rings. The number of nitro benzene ring substituents is 2. The molecule has 0 aromatic heterocycles. The van der Waals surface area contributed by atoms with E-state index in [0.29, 0.717) is 0 Å². The maximum absolute atomic E-state index is 13.2. The highest BCUT2D eigenvalue weighted by molar-refractivity contribution is 5.97. The average Bonchev–Trinajstić information content (AvgIpc) is 2.61. The number of carbonyl (C=O) groups excluding carboxylic acids is 2. The van der Waals surface area contributed by atoms with Crippen molar-refractivity contribution in [1.82, 2.24) is 0 Å². The molecule has 134 valence electrons. The SMILES string of the molecule is O=C(COC(=O)c1ccccc1[N+](=O)[O-])Nc1ccc(F)c([N+](=O)[O-])c1. The molecule has 11 heteroatoms. The van der Waals surface area contributed by atoms with Gasteiger partial charge in [0.25, 0.3) is 11.6 Å². The molecule has 2 aromatic carbocycles. The van der Waals surface area contributed by atoms with Gasteiger partial charge in [-0.15, -0.1) is 0 Å². The lowest BCUT2D eigenvalue weighted by Crippen LogP contribution is -2.21. The summed E-state index contributed by atoms with van der Waals surface area (Å²) in [5, 5.41) is 23.7. The number of rotatable bonds is 6. The molecule has 0 bridgehead atoms. The van der Waals surface area contributed by atoms with Crippen molar-refractivity contribution in [3.05, 3.63) is 74.1 Å². The van der Waals surface area contributed by atoms with Gasteiger partial charge in [-0.05, 0) is 18.2 Å². The zero-order valence-corrected chi connectivity index (χ0v) is 12.9. The second kappa shape index (κ2) is 7.79. The van der Waals surface area contributed by atoms with Crippen LogP contribution in [0.2, 0.25) is 0 Å². The molecule has 0 atom stereocenters. The van der Waals surface area contributed by atoms with Crippen molar-refractivity contribution in [3.8, 4) is 0 Å². The smallest absolute Gasteiger partial charge is 0.345 e. The maximum Gasteiger partial charge on any atom is 0.345 e. The molecule has 1 N–H and O–H groups in total. The summed E-state index contributed by atoms with van der Waals surface area (Å²) in [6.45, 7) is -0.796. The number of nitrogens with zero attached hydrogens (tertiary/aromatic N) is 2. The Bertz CT molecular complexity index is 901. The van der Waals surface area contributed by atoms with Gasteiger partial charge in [-0.3, -0.25) is 25.0 Å². The van der Waals surface area contributed by atoms with Gasteiger partial charge in [0.05, 0.1) is 9.85 Å². The van der Waals surface area contributed by atoms with Crippen molar-refractivity contribution >= 4 is 28.9 Å². The van der Waals surface area contributed by atoms with E-state index in [2.05, 4.69) is 5.32 Å². The van der Waals surface area contributed by atoms with Crippen LogP contribution in [0, 0.1) is 26.0 Å². The highest BCUT2D eigenvalue weighted by Gasteiger charge is 2.21. The summed E-state index contributed by atoms with van der Waals surface area (Å²) in [6.07, 6.45) is 0. The largest absolute Gasteiger partial charge is 0.452 e. The topological polar surface area (TPSA) is 142 Å². The van der Waals surface area contributed by atoms with E-state index >= 15 is 0 Å². The first-order valence-corrected chi connectivity index (χ1v) is 6.94. The minimum atomic E-state index is -1.09. The summed E-state index contributed by atoms with van der Waals surface area (Å²) >= 11 is 0. The highest BCUT2D eigenvalue weighted by Crippen LogP contribution is 2.22. The van der Waals surface area contributed by atoms with E-state index in [0.717, 1.165) is 24.3 Å². The number of amides is 1. The van der Waals surface area contributed by atoms with Crippen LogP contribution < -0.4 is 5.32 Å². The van der Waals surface area contributed by atoms with Gasteiger partial charge in [0.2, 0.25) is 5.82 Å². The molecule has 0 saturated carbocycles. The number of halogens is 1. The second-order valence-corrected chi connectivity index (χ2v) is 4.82. The van der Waals surface area contributed by atoms with Gasteiger partial charge in [-0.1, -0.05) is 12.1 Å². The van der Waals surface area contributed by atoms with E-state index in [4.69, 9.17) is 4.74 Å². The molecule has 2 aromatic rings. The summed E-state index contributed by atoms with van der Waals surface area (Å²) in [6, 6.07) is 7.72. The Labute approximate surface area is 144 Å². The van der Waals surface area contributed by atoms with Crippen molar-refractivity contribution in [3.63, 3.8) is 0 Å². The monoisotopic (exact) mass is 363 g/mol. The van der Waals surface area contributed by atoms with Crippen LogP contribution in [0.3, 0.4) is 0 Å². The molecule has 0 aliphatic carbocycles. The van der Waals surface area contributed by atoms with Gasteiger partial charge in [-0.2, -0.15) is 4.39 Å². The number of nitrogens with one attached hydrogen (secondary N) is 1. The number of hydrogen-bond donors (Lipinski definition) is 1. The molecule has 0 aliphatic heterocycles. The first-order valence-electron chi connectivity index (χ1n) is 6.94. The molecule has 0 radical (unpaired) electrons. The Hall–Kier alpha value is -3.89. The molecule has 1 amide bonds. The van der Waals surface area contributed by atoms with Crippen LogP contribution in [0.1, 0.15) is 10.4 Å². The maximum atomic E-state index is 13.2.